The number of aliphatic hydroxyl groups excluding tert-OH is 2. The van der Waals surface area contributed by atoms with Crippen molar-refractivity contribution in [1.82, 2.24) is 0 Å². The Bertz CT molecular complexity index is 102. The summed E-state index contributed by atoms with van der Waals surface area (Å²) in [6.45, 7) is 3.54. The van der Waals surface area contributed by atoms with Gasteiger partial charge in [-0.2, -0.15) is 0 Å². The van der Waals surface area contributed by atoms with Crippen LogP contribution in [-0.4, -0.2) is 22.9 Å². The Morgan fingerprint density at radius 2 is 1.83 bits per heavy atom. The minimum absolute atomic E-state index is 0.105. The topological polar surface area (TPSA) is 40.5 Å². The van der Waals surface area contributed by atoms with Gasteiger partial charge in [-0.25, -0.2) is 0 Å². The highest BCUT2D eigenvalue weighted by atomic mass is 16.3. The van der Waals surface area contributed by atoms with Crippen LogP contribution in [0.25, 0.3) is 0 Å². The lowest BCUT2D eigenvalue weighted by molar-refractivity contribution is 0.0860. The average molecular weight is 172 g/mol. The van der Waals surface area contributed by atoms with Crippen molar-refractivity contribution in [3.05, 3.63) is 12.7 Å². The molecule has 0 rings (SSSR count). The predicted molar refractivity (Wildman–Crippen MR) is 51.0 cm³/mol. The Morgan fingerprint density at radius 1 is 1.17 bits per heavy atom. The van der Waals surface area contributed by atoms with E-state index >= 15 is 0 Å². The Morgan fingerprint density at radius 3 is 2.42 bits per heavy atom. The number of hydrogen-bond acceptors (Lipinski definition) is 2. The fourth-order valence-electron chi connectivity index (χ4n) is 1.11. The van der Waals surface area contributed by atoms with E-state index in [-0.39, 0.29) is 6.61 Å². The van der Waals surface area contributed by atoms with Gasteiger partial charge in [-0.3, -0.25) is 0 Å². The zero-order valence-electron chi connectivity index (χ0n) is 7.71. The summed E-state index contributed by atoms with van der Waals surface area (Å²) in [4.78, 5) is 0. The van der Waals surface area contributed by atoms with E-state index in [1.807, 2.05) is 6.08 Å². The molecule has 0 saturated heterocycles. The first-order valence-electron chi connectivity index (χ1n) is 4.71. The summed E-state index contributed by atoms with van der Waals surface area (Å²) < 4.78 is 0. The fraction of sp³-hybridized carbons (Fsp3) is 0.800. The molecule has 2 nitrogen and oxygen atoms in total. The Balaban J connectivity index is 2.95. The van der Waals surface area contributed by atoms with E-state index in [1.54, 1.807) is 0 Å². The number of aliphatic hydroxyl groups is 2. The quantitative estimate of drug-likeness (QED) is 0.433. The van der Waals surface area contributed by atoms with Crippen molar-refractivity contribution in [2.24, 2.45) is 0 Å². The lowest BCUT2D eigenvalue weighted by atomic mass is 10.1. The van der Waals surface area contributed by atoms with E-state index < -0.39 is 6.10 Å². The molecule has 0 bridgehead atoms. The molecule has 0 fully saturated rings. The van der Waals surface area contributed by atoms with Crippen LogP contribution in [0, 0.1) is 0 Å². The van der Waals surface area contributed by atoms with Crippen LogP contribution in [0.3, 0.4) is 0 Å². The lowest BCUT2D eigenvalue weighted by Gasteiger charge is -2.05. The highest BCUT2D eigenvalue weighted by Crippen LogP contribution is 2.07. The van der Waals surface area contributed by atoms with E-state index in [4.69, 9.17) is 10.2 Å². The van der Waals surface area contributed by atoms with Crippen LogP contribution in [0.4, 0.5) is 0 Å². The van der Waals surface area contributed by atoms with Gasteiger partial charge < -0.3 is 10.2 Å². The Labute approximate surface area is 74.9 Å². The van der Waals surface area contributed by atoms with Crippen LogP contribution in [-0.2, 0) is 0 Å². The molecule has 0 spiro atoms. The van der Waals surface area contributed by atoms with E-state index in [0.29, 0.717) is 0 Å². The molecule has 0 aliphatic heterocycles. The van der Waals surface area contributed by atoms with Gasteiger partial charge in [0, 0.05) is 0 Å². The summed E-state index contributed by atoms with van der Waals surface area (Å²) >= 11 is 0. The maximum absolute atomic E-state index is 8.99. The molecule has 1 atom stereocenters. The molecule has 72 valence electrons. The van der Waals surface area contributed by atoms with Gasteiger partial charge in [-0.05, 0) is 19.3 Å². The summed E-state index contributed by atoms with van der Waals surface area (Å²) in [6, 6.07) is 0. The second-order valence-corrected chi connectivity index (χ2v) is 3.12. The maximum Gasteiger partial charge on any atom is 0.0770 e. The third kappa shape index (κ3) is 7.76. The van der Waals surface area contributed by atoms with Crippen LogP contribution in [0.15, 0.2) is 12.7 Å². The van der Waals surface area contributed by atoms with E-state index in [1.165, 1.54) is 12.8 Å². The first-order valence-corrected chi connectivity index (χ1v) is 4.71. The second kappa shape index (κ2) is 8.75. The van der Waals surface area contributed by atoms with Crippen LogP contribution in [0.5, 0.6) is 0 Å². The Hall–Kier alpha value is -0.340. The summed E-state index contributed by atoms with van der Waals surface area (Å²) in [5, 5.41) is 17.5. The van der Waals surface area contributed by atoms with Crippen molar-refractivity contribution in [3.8, 4) is 0 Å². The highest BCUT2D eigenvalue weighted by Gasteiger charge is 1.99. The Kier molecular flexibility index (Phi) is 8.51. The normalized spacial score (nSPS) is 12.8. The van der Waals surface area contributed by atoms with Gasteiger partial charge in [0.2, 0.25) is 0 Å². The predicted octanol–water partition coefficient (Wildman–Crippen LogP) is 1.87. The van der Waals surface area contributed by atoms with Crippen molar-refractivity contribution < 1.29 is 10.2 Å². The molecule has 0 heterocycles. The summed E-state index contributed by atoms with van der Waals surface area (Å²) in [7, 11) is 0. The molecular weight excluding hydrogens is 152 g/mol. The molecule has 12 heavy (non-hydrogen) atoms. The van der Waals surface area contributed by atoms with Gasteiger partial charge in [0.25, 0.3) is 0 Å². The first kappa shape index (κ1) is 11.7. The van der Waals surface area contributed by atoms with E-state index in [2.05, 4.69) is 6.58 Å². The van der Waals surface area contributed by atoms with Gasteiger partial charge in [0.15, 0.2) is 0 Å². The molecule has 0 aliphatic rings. The van der Waals surface area contributed by atoms with Gasteiger partial charge in [0.05, 0.1) is 12.7 Å². The van der Waals surface area contributed by atoms with Crippen molar-refractivity contribution in [1.29, 1.82) is 0 Å². The molecule has 0 aromatic carbocycles. The number of hydrogen-bond donors (Lipinski definition) is 2. The SMILES string of the molecule is C=CCCCCCC[C@@H](O)CO. The van der Waals surface area contributed by atoms with Crippen molar-refractivity contribution in [2.45, 2.75) is 44.6 Å². The summed E-state index contributed by atoms with van der Waals surface area (Å²) in [6.07, 6.45) is 7.78. The third-order valence-corrected chi connectivity index (χ3v) is 1.91. The van der Waals surface area contributed by atoms with Crippen LogP contribution >= 0.6 is 0 Å². The molecule has 0 aromatic heterocycles. The van der Waals surface area contributed by atoms with Crippen LogP contribution in [0.1, 0.15) is 38.5 Å². The molecule has 0 unspecified atom stereocenters. The van der Waals surface area contributed by atoms with E-state index in [0.717, 1.165) is 25.7 Å². The monoisotopic (exact) mass is 172 g/mol. The minimum Gasteiger partial charge on any atom is -0.394 e. The second-order valence-electron chi connectivity index (χ2n) is 3.12. The molecule has 0 aromatic rings. The number of rotatable bonds is 8. The lowest BCUT2D eigenvalue weighted by Crippen LogP contribution is -2.10. The van der Waals surface area contributed by atoms with Gasteiger partial charge >= 0.3 is 0 Å². The largest absolute Gasteiger partial charge is 0.394 e. The third-order valence-electron chi connectivity index (χ3n) is 1.91. The zero-order valence-corrected chi connectivity index (χ0v) is 7.71. The highest BCUT2D eigenvalue weighted by molar-refractivity contribution is 4.65. The van der Waals surface area contributed by atoms with Gasteiger partial charge in [-0.15, -0.1) is 6.58 Å². The molecular formula is C10H20O2. The fourth-order valence-corrected chi connectivity index (χ4v) is 1.11. The van der Waals surface area contributed by atoms with Gasteiger partial charge in [-0.1, -0.05) is 25.3 Å². The van der Waals surface area contributed by atoms with Crippen LogP contribution in [0.2, 0.25) is 0 Å². The molecule has 0 amide bonds. The smallest absolute Gasteiger partial charge is 0.0770 e. The van der Waals surface area contributed by atoms with Crippen LogP contribution < -0.4 is 0 Å². The first-order chi connectivity index (χ1) is 5.81. The van der Waals surface area contributed by atoms with Gasteiger partial charge in [0.1, 0.15) is 0 Å². The maximum atomic E-state index is 8.99. The van der Waals surface area contributed by atoms with Crippen molar-refractivity contribution in [2.75, 3.05) is 6.61 Å². The van der Waals surface area contributed by atoms with E-state index in [9.17, 15) is 0 Å². The molecule has 2 heteroatoms. The zero-order chi connectivity index (χ0) is 9.23. The number of allylic oxidation sites excluding steroid dienone is 1. The summed E-state index contributed by atoms with van der Waals surface area (Å²) in [5.41, 5.74) is 0. The number of unbranched alkanes of at least 4 members (excludes halogenated alkanes) is 4. The van der Waals surface area contributed by atoms with Crippen molar-refractivity contribution >= 4 is 0 Å². The standard InChI is InChI=1S/C10H20O2/c1-2-3-4-5-6-7-8-10(12)9-11/h2,10-12H,1,3-9H2/t10-/m1/s1. The summed E-state index contributed by atoms with van der Waals surface area (Å²) in [5.74, 6) is 0. The van der Waals surface area contributed by atoms with Crippen molar-refractivity contribution in [3.63, 3.8) is 0 Å². The molecule has 2 N–H and O–H groups in total. The molecule has 0 aliphatic carbocycles. The molecule has 0 radical (unpaired) electrons. The molecule has 0 saturated carbocycles. The minimum atomic E-state index is -0.510. The average Bonchev–Trinajstić information content (AvgIpc) is 2.10.